The molecule has 13 heavy (non-hydrogen) atoms. The van der Waals surface area contributed by atoms with Crippen LogP contribution in [-0.2, 0) is 0 Å². The van der Waals surface area contributed by atoms with Crippen molar-refractivity contribution in [1.82, 2.24) is 0 Å². The van der Waals surface area contributed by atoms with Gasteiger partial charge in [-0.25, -0.2) is 0 Å². The Labute approximate surface area is 79.4 Å². The number of benzene rings is 1. The summed E-state index contributed by atoms with van der Waals surface area (Å²) in [5, 5.41) is 10.6. The van der Waals surface area contributed by atoms with Crippen molar-refractivity contribution in [3.05, 3.63) is 28.3 Å². The summed E-state index contributed by atoms with van der Waals surface area (Å²) in [6.45, 7) is 0. The minimum absolute atomic E-state index is 0.0722. The first kappa shape index (κ1) is 9.82. The van der Waals surface area contributed by atoms with E-state index in [0.29, 0.717) is 10.6 Å². The van der Waals surface area contributed by atoms with Gasteiger partial charge < -0.3 is 5.43 Å². The maximum Gasteiger partial charge on any atom is 0.284 e. The van der Waals surface area contributed by atoms with Gasteiger partial charge in [0.05, 0.1) is 15.5 Å². The van der Waals surface area contributed by atoms with Gasteiger partial charge in [-0.15, -0.1) is 11.8 Å². The van der Waals surface area contributed by atoms with Crippen LogP contribution in [-0.4, -0.2) is 11.2 Å². The van der Waals surface area contributed by atoms with E-state index in [1.165, 1.54) is 17.8 Å². The molecule has 0 fully saturated rings. The highest BCUT2D eigenvalue weighted by molar-refractivity contribution is 7.98. The molecule has 0 amide bonds. The highest BCUT2D eigenvalue weighted by Gasteiger charge is 2.12. The Morgan fingerprint density at radius 1 is 1.62 bits per heavy atom. The standard InChI is InChI=1S/C7H9N3O2S/c1-13-7-3-2-5(9-8)4-6(7)10(11)12/h2-4,9H,8H2,1H3. The molecule has 0 saturated heterocycles. The summed E-state index contributed by atoms with van der Waals surface area (Å²) in [7, 11) is 0. The number of anilines is 1. The number of rotatable bonds is 3. The Morgan fingerprint density at radius 2 is 2.31 bits per heavy atom. The number of hydrazine groups is 1. The maximum absolute atomic E-state index is 10.6. The molecule has 1 rings (SSSR count). The number of nitro groups is 1. The second-order valence-electron chi connectivity index (χ2n) is 2.29. The van der Waals surface area contributed by atoms with Crippen LogP contribution in [0.3, 0.4) is 0 Å². The number of nitrogens with one attached hydrogen (secondary N) is 1. The summed E-state index contributed by atoms with van der Waals surface area (Å²) in [6.07, 6.45) is 1.79. The van der Waals surface area contributed by atoms with E-state index in [1.54, 1.807) is 18.4 Å². The van der Waals surface area contributed by atoms with E-state index in [1.807, 2.05) is 0 Å². The molecule has 0 aliphatic carbocycles. The number of nitro benzene ring substituents is 1. The number of nitrogen functional groups attached to an aromatic ring is 1. The molecule has 0 spiro atoms. The Hall–Kier alpha value is -1.27. The van der Waals surface area contributed by atoms with Gasteiger partial charge in [-0.3, -0.25) is 16.0 Å². The first-order valence-corrected chi connectivity index (χ1v) is 4.70. The molecular weight excluding hydrogens is 190 g/mol. The summed E-state index contributed by atoms with van der Waals surface area (Å²) in [5.74, 6) is 5.13. The fourth-order valence-electron chi connectivity index (χ4n) is 0.922. The van der Waals surface area contributed by atoms with Gasteiger partial charge in [0, 0.05) is 6.07 Å². The van der Waals surface area contributed by atoms with Gasteiger partial charge >= 0.3 is 0 Å². The third-order valence-corrected chi connectivity index (χ3v) is 2.33. The molecule has 1 aromatic carbocycles. The predicted molar refractivity (Wildman–Crippen MR) is 52.7 cm³/mol. The van der Waals surface area contributed by atoms with Gasteiger partial charge in [-0.2, -0.15) is 0 Å². The minimum Gasteiger partial charge on any atom is -0.324 e. The number of nitrogens with zero attached hydrogens (tertiary/aromatic N) is 1. The number of thioether (sulfide) groups is 1. The third kappa shape index (κ3) is 2.10. The van der Waals surface area contributed by atoms with E-state index >= 15 is 0 Å². The SMILES string of the molecule is CSc1ccc(NN)cc1[N+](=O)[O-]. The lowest BCUT2D eigenvalue weighted by Gasteiger charge is -2.02. The second kappa shape index (κ2) is 4.11. The van der Waals surface area contributed by atoms with Crippen molar-refractivity contribution in [2.75, 3.05) is 11.7 Å². The fraction of sp³-hybridized carbons (Fsp3) is 0.143. The molecule has 0 bridgehead atoms. The van der Waals surface area contributed by atoms with Crippen LogP contribution >= 0.6 is 11.8 Å². The van der Waals surface area contributed by atoms with Crippen LogP contribution in [0, 0.1) is 10.1 Å². The maximum atomic E-state index is 10.6. The Kier molecular flexibility index (Phi) is 3.10. The third-order valence-electron chi connectivity index (χ3n) is 1.54. The quantitative estimate of drug-likeness (QED) is 0.334. The van der Waals surface area contributed by atoms with E-state index in [2.05, 4.69) is 5.43 Å². The van der Waals surface area contributed by atoms with E-state index in [0.717, 1.165) is 0 Å². The molecular formula is C7H9N3O2S. The summed E-state index contributed by atoms with van der Waals surface area (Å²) < 4.78 is 0. The Morgan fingerprint density at radius 3 is 2.77 bits per heavy atom. The molecule has 0 saturated carbocycles. The van der Waals surface area contributed by atoms with E-state index < -0.39 is 4.92 Å². The molecule has 3 N–H and O–H groups in total. The topological polar surface area (TPSA) is 81.2 Å². The summed E-state index contributed by atoms with van der Waals surface area (Å²) in [5.41, 5.74) is 2.96. The van der Waals surface area contributed by atoms with Crippen molar-refractivity contribution < 1.29 is 4.92 Å². The van der Waals surface area contributed by atoms with Crippen LogP contribution in [0.15, 0.2) is 23.1 Å². The van der Waals surface area contributed by atoms with Crippen LogP contribution in [0.25, 0.3) is 0 Å². The highest BCUT2D eigenvalue weighted by Crippen LogP contribution is 2.29. The van der Waals surface area contributed by atoms with Crippen LogP contribution in [0.4, 0.5) is 11.4 Å². The van der Waals surface area contributed by atoms with Crippen LogP contribution in [0.5, 0.6) is 0 Å². The molecule has 0 unspecified atom stereocenters. The molecule has 5 nitrogen and oxygen atoms in total. The minimum atomic E-state index is -0.424. The van der Waals surface area contributed by atoms with Crippen LogP contribution < -0.4 is 11.3 Å². The predicted octanol–water partition coefficient (Wildman–Crippen LogP) is 1.60. The highest BCUT2D eigenvalue weighted by atomic mass is 32.2. The van der Waals surface area contributed by atoms with Crippen molar-refractivity contribution in [3.8, 4) is 0 Å². The normalized spacial score (nSPS) is 9.69. The molecule has 0 aliphatic heterocycles. The number of nitrogens with two attached hydrogens (primary N) is 1. The van der Waals surface area contributed by atoms with Crippen molar-refractivity contribution >= 4 is 23.1 Å². The molecule has 0 heterocycles. The number of hydrogen-bond acceptors (Lipinski definition) is 5. The molecule has 70 valence electrons. The first-order valence-electron chi connectivity index (χ1n) is 3.48. The molecule has 1 aromatic rings. The van der Waals surface area contributed by atoms with Crippen molar-refractivity contribution in [2.24, 2.45) is 5.84 Å². The molecule has 0 aromatic heterocycles. The van der Waals surface area contributed by atoms with Gasteiger partial charge in [0.25, 0.3) is 5.69 Å². The van der Waals surface area contributed by atoms with E-state index in [-0.39, 0.29) is 5.69 Å². The molecule has 0 aliphatic rings. The van der Waals surface area contributed by atoms with Crippen LogP contribution in [0.2, 0.25) is 0 Å². The lowest BCUT2D eigenvalue weighted by atomic mass is 10.3. The van der Waals surface area contributed by atoms with Crippen molar-refractivity contribution in [1.29, 1.82) is 0 Å². The number of hydrogen-bond donors (Lipinski definition) is 2. The molecule has 6 heteroatoms. The Bertz CT molecular complexity index is 330. The summed E-state index contributed by atoms with van der Waals surface area (Å²) in [6, 6.07) is 4.77. The zero-order valence-corrected chi connectivity index (χ0v) is 7.80. The zero-order chi connectivity index (χ0) is 9.84. The summed E-state index contributed by atoms with van der Waals surface area (Å²) >= 11 is 1.33. The lowest BCUT2D eigenvalue weighted by molar-refractivity contribution is -0.387. The van der Waals surface area contributed by atoms with Gasteiger partial charge in [-0.05, 0) is 18.4 Å². The molecule has 0 radical (unpaired) electrons. The van der Waals surface area contributed by atoms with E-state index in [9.17, 15) is 10.1 Å². The average molecular weight is 199 g/mol. The molecule has 0 atom stereocenters. The van der Waals surface area contributed by atoms with E-state index in [4.69, 9.17) is 5.84 Å². The second-order valence-corrected chi connectivity index (χ2v) is 3.14. The zero-order valence-electron chi connectivity index (χ0n) is 6.98. The average Bonchev–Trinajstić information content (AvgIpc) is 2.16. The largest absolute Gasteiger partial charge is 0.324 e. The van der Waals surface area contributed by atoms with Gasteiger partial charge in [-0.1, -0.05) is 0 Å². The van der Waals surface area contributed by atoms with Crippen molar-refractivity contribution in [2.45, 2.75) is 4.90 Å². The van der Waals surface area contributed by atoms with Gasteiger partial charge in [0.15, 0.2) is 0 Å². The van der Waals surface area contributed by atoms with Crippen molar-refractivity contribution in [3.63, 3.8) is 0 Å². The monoisotopic (exact) mass is 199 g/mol. The van der Waals surface area contributed by atoms with Crippen LogP contribution in [0.1, 0.15) is 0 Å². The van der Waals surface area contributed by atoms with Gasteiger partial charge in [0.2, 0.25) is 0 Å². The van der Waals surface area contributed by atoms with Gasteiger partial charge in [0.1, 0.15) is 0 Å². The lowest BCUT2D eigenvalue weighted by Crippen LogP contribution is -2.06. The Balaban J connectivity index is 3.18. The smallest absolute Gasteiger partial charge is 0.284 e. The fourth-order valence-corrected chi connectivity index (χ4v) is 1.47. The summed E-state index contributed by atoms with van der Waals surface area (Å²) in [4.78, 5) is 10.8. The first-order chi connectivity index (χ1) is 6.19.